The Morgan fingerprint density at radius 1 is 1.16 bits per heavy atom. The lowest BCUT2D eigenvalue weighted by atomic mass is 10.0. The number of hydrogen-bond acceptors (Lipinski definition) is 4. The Hall–Kier alpha value is -1.72. The van der Waals surface area contributed by atoms with Gasteiger partial charge < -0.3 is 10.2 Å². The first kappa shape index (κ1) is 16.7. The van der Waals surface area contributed by atoms with Gasteiger partial charge in [0.25, 0.3) is 0 Å². The fraction of sp³-hybridized carbons (Fsp3) is 0.500. The highest BCUT2D eigenvalue weighted by Gasteiger charge is 2.32. The van der Waals surface area contributed by atoms with E-state index in [2.05, 4.69) is 27.3 Å². The molecule has 0 spiro atoms. The van der Waals surface area contributed by atoms with Crippen LogP contribution in [0, 0.1) is 0 Å². The van der Waals surface area contributed by atoms with Crippen molar-refractivity contribution in [3.05, 3.63) is 52.0 Å². The zero-order valence-corrected chi connectivity index (χ0v) is 15.3. The topological polar surface area (TPSA) is 45.2 Å². The summed E-state index contributed by atoms with van der Waals surface area (Å²) in [6.07, 6.45) is 6.14. The van der Waals surface area contributed by atoms with E-state index in [9.17, 15) is 4.79 Å². The number of likely N-dealkylation sites (tertiary alicyclic amines) is 1. The first-order chi connectivity index (χ1) is 12.3. The maximum Gasteiger partial charge on any atom is 0.226 e. The molecule has 132 valence electrons. The maximum absolute atomic E-state index is 12.3. The van der Waals surface area contributed by atoms with Crippen molar-refractivity contribution < 1.29 is 4.79 Å². The van der Waals surface area contributed by atoms with Crippen molar-refractivity contribution >= 4 is 17.2 Å². The van der Waals surface area contributed by atoms with E-state index in [1.54, 1.807) is 11.3 Å². The zero-order chi connectivity index (χ0) is 17.1. The van der Waals surface area contributed by atoms with Crippen LogP contribution in [0.1, 0.15) is 41.9 Å². The molecule has 4 rings (SSSR count). The molecule has 5 heteroatoms. The third-order valence-corrected chi connectivity index (χ3v) is 5.99. The Morgan fingerprint density at radius 3 is 2.64 bits per heavy atom. The molecule has 2 aliphatic rings. The van der Waals surface area contributed by atoms with Crippen LogP contribution in [0.2, 0.25) is 0 Å². The van der Waals surface area contributed by atoms with Crippen molar-refractivity contribution in [3.8, 4) is 0 Å². The summed E-state index contributed by atoms with van der Waals surface area (Å²) in [7, 11) is 0. The summed E-state index contributed by atoms with van der Waals surface area (Å²) in [5.41, 5.74) is 2.15. The highest BCUT2D eigenvalue weighted by molar-refractivity contribution is 7.09. The van der Waals surface area contributed by atoms with Gasteiger partial charge in [-0.25, -0.2) is 4.98 Å². The molecule has 0 atom stereocenters. The molecule has 2 heterocycles. The average molecular weight is 356 g/mol. The smallest absolute Gasteiger partial charge is 0.226 e. The highest BCUT2D eigenvalue weighted by atomic mass is 32.1. The van der Waals surface area contributed by atoms with Crippen LogP contribution in [-0.4, -0.2) is 41.0 Å². The van der Waals surface area contributed by atoms with Gasteiger partial charge in [0, 0.05) is 37.0 Å². The predicted octanol–water partition coefficient (Wildman–Crippen LogP) is 3.02. The molecule has 2 aromatic rings. The summed E-state index contributed by atoms with van der Waals surface area (Å²) < 4.78 is 0. The number of carbonyl (C=O) groups is 1. The third-order valence-electron chi connectivity index (χ3n) is 5.10. The van der Waals surface area contributed by atoms with Crippen LogP contribution >= 0.6 is 11.3 Å². The van der Waals surface area contributed by atoms with Gasteiger partial charge in [-0.2, -0.15) is 0 Å². The SMILES string of the molecule is O=C(Cc1csc(Cc2ccccc2)n1)NC1CCN(C2CC2)CC1. The number of thiazole rings is 1. The van der Waals surface area contributed by atoms with Gasteiger partial charge in [-0.3, -0.25) is 4.79 Å². The lowest BCUT2D eigenvalue weighted by molar-refractivity contribution is -0.121. The number of hydrogen-bond donors (Lipinski definition) is 1. The Kier molecular flexibility index (Phi) is 5.13. The van der Waals surface area contributed by atoms with Crippen molar-refractivity contribution in [2.75, 3.05) is 13.1 Å². The summed E-state index contributed by atoms with van der Waals surface area (Å²) in [4.78, 5) is 19.5. The van der Waals surface area contributed by atoms with Crippen LogP contribution < -0.4 is 5.32 Å². The van der Waals surface area contributed by atoms with Crippen molar-refractivity contribution in [2.24, 2.45) is 0 Å². The van der Waals surface area contributed by atoms with Crippen molar-refractivity contribution in [1.29, 1.82) is 0 Å². The average Bonchev–Trinajstić information content (AvgIpc) is 3.38. The fourth-order valence-corrected chi connectivity index (χ4v) is 4.40. The van der Waals surface area contributed by atoms with Gasteiger partial charge in [0.1, 0.15) is 0 Å². The number of aromatic nitrogens is 1. The van der Waals surface area contributed by atoms with Crippen LogP contribution in [0.4, 0.5) is 0 Å². The van der Waals surface area contributed by atoms with Gasteiger partial charge in [-0.1, -0.05) is 30.3 Å². The van der Waals surface area contributed by atoms with E-state index >= 15 is 0 Å². The molecule has 0 bridgehead atoms. The fourth-order valence-electron chi connectivity index (χ4n) is 3.57. The summed E-state index contributed by atoms with van der Waals surface area (Å²) in [6, 6.07) is 11.5. The second-order valence-electron chi connectivity index (χ2n) is 7.18. The van der Waals surface area contributed by atoms with E-state index in [0.717, 1.165) is 49.1 Å². The highest BCUT2D eigenvalue weighted by Crippen LogP contribution is 2.29. The number of piperidine rings is 1. The molecule has 1 saturated heterocycles. The number of nitrogens with zero attached hydrogens (tertiary/aromatic N) is 2. The second-order valence-corrected chi connectivity index (χ2v) is 8.12. The van der Waals surface area contributed by atoms with Crippen molar-refractivity contribution in [2.45, 2.75) is 50.6 Å². The van der Waals surface area contributed by atoms with Gasteiger partial charge in [0.2, 0.25) is 5.91 Å². The van der Waals surface area contributed by atoms with E-state index in [4.69, 9.17) is 0 Å². The Balaban J connectivity index is 1.24. The molecule has 1 aromatic carbocycles. The predicted molar refractivity (Wildman–Crippen MR) is 101 cm³/mol. The summed E-state index contributed by atoms with van der Waals surface area (Å²) in [5, 5.41) is 6.30. The molecule has 1 amide bonds. The molecular formula is C20H25N3OS. The van der Waals surface area contributed by atoms with E-state index in [1.807, 2.05) is 23.6 Å². The van der Waals surface area contributed by atoms with Gasteiger partial charge in [0.05, 0.1) is 17.1 Å². The van der Waals surface area contributed by atoms with Gasteiger partial charge >= 0.3 is 0 Å². The molecule has 25 heavy (non-hydrogen) atoms. The minimum absolute atomic E-state index is 0.112. The normalized spacial score (nSPS) is 19.0. The standard InChI is InChI=1S/C20H25N3OS/c24-19(21-16-8-10-23(11-9-16)18-6-7-18)13-17-14-25-20(22-17)12-15-4-2-1-3-5-15/h1-5,14,16,18H,6-13H2,(H,21,24). The van der Waals surface area contributed by atoms with Crippen LogP contribution in [0.25, 0.3) is 0 Å². The third kappa shape index (κ3) is 4.67. The molecule has 1 N–H and O–H groups in total. The molecule has 1 aromatic heterocycles. The van der Waals surface area contributed by atoms with Crippen LogP contribution in [0.3, 0.4) is 0 Å². The number of carbonyl (C=O) groups excluding carboxylic acids is 1. The molecule has 0 unspecified atom stereocenters. The Morgan fingerprint density at radius 2 is 1.92 bits per heavy atom. The van der Waals surface area contributed by atoms with Gasteiger partial charge in [0.15, 0.2) is 0 Å². The summed E-state index contributed by atoms with van der Waals surface area (Å²) >= 11 is 1.65. The van der Waals surface area contributed by atoms with Crippen molar-refractivity contribution in [1.82, 2.24) is 15.2 Å². The number of amides is 1. The molecule has 2 fully saturated rings. The van der Waals surface area contributed by atoms with Crippen LogP contribution in [0.15, 0.2) is 35.7 Å². The molecule has 1 aliphatic heterocycles. The molecule has 1 saturated carbocycles. The summed E-state index contributed by atoms with van der Waals surface area (Å²) in [5.74, 6) is 0.112. The quantitative estimate of drug-likeness (QED) is 0.866. The Labute approximate surface area is 153 Å². The van der Waals surface area contributed by atoms with E-state index in [0.29, 0.717) is 12.5 Å². The molecule has 4 nitrogen and oxygen atoms in total. The van der Waals surface area contributed by atoms with E-state index in [-0.39, 0.29) is 5.91 Å². The number of nitrogens with one attached hydrogen (secondary N) is 1. The minimum atomic E-state index is 0.112. The Bertz CT molecular complexity index is 703. The monoisotopic (exact) mass is 355 g/mol. The van der Waals surface area contributed by atoms with Crippen molar-refractivity contribution in [3.63, 3.8) is 0 Å². The zero-order valence-electron chi connectivity index (χ0n) is 14.5. The first-order valence-corrected chi connectivity index (χ1v) is 10.1. The lowest BCUT2D eigenvalue weighted by Gasteiger charge is -2.32. The lowest BCUT2D eigenvalue weighted by Crippen LogP contribution is -2.45. The molecule has 0 radical (unpaired) electrons. The van der Waals surface area contributed by atoms with E-state index < -0.39 is 0 Å². The number of rotatable bonds is 6. The van der Waals surface area contributed by atoms with E-state index in [1.165, 1.54) is 18.4 Å². The molecule has 1 aliphatic carbocycles. The minimum Gasteiger partial charge on any atom is -0.353 e. The number of benzene rings is 1. The van der Waals surface area contributed by atoms with Gasteiger partial charge in [-0.15, -0.1) is 11.3 Å². The van der Waals surface area contributed by atoms with Crippen LogP contribution in [-0.2, 0) is 17.6 Å². The summed E-state index contributed by atoms with van der Waals surface area (Å²) in [6.45, 7) is 2.26. The maximum atomic E-state index is 12.3. The largest absolute Gasteiger partial charge is 0.353 e. The first-order valence-electron chi connectivity index (χ1n) is 9.27. The molecular weight excluding hydrogens is 330 g/mol. The van der Waals surface area contributed by atoms with Gasteiger partial charge in [-0.05, 0) is 31.2 Å². The van der Waals surface area contributed by atoms with Crippen LogP contribution in [0.5, 0.6) is 0 Å². The second kappa shape index (κ2) is 7.67.